The Morgan fingerprint density at radius 1 is 1.40 bits per heavy atom. The predicted molar refractivity (Wildman–Crippen MR) is 76.2 cm³/mol. The number of amides is 1. The Morgan fingerprint density at radius 3 is 2.85 bits per heavy atom. The van der Waals surface area contributed by atoms with Crippen molar-refractivity contribution in [3.63, 3.8) is 0 Å². The molecule has 2 aromatic rings. The molecule has 0 spiro atoms. The van der Waals surface area contributed by atoms with Gasteiger partial charge in [0.15, 0.2) is 0 Å². The van der Waals surface area contributed by atoms with Crippen LogP contribution in [-0.2, 0) is 0 Å². The predicted octanol–water partition coefficient (Wildman–Crippen LogP) is 2.54. The minimum atomic E-state index is -0.347. The maximum absolute atomic E-state index is 13.6. The van der Waals surface area contributed by atoms with E-state index in [1.165, 1.54) is 12.1 Å². The number of nitrogens with zero attached hydrogens (tertiary/aromatic N) is 1. The molecule has 2 rings (SSSR count). The topological polar surface area (TPSA) is 56.3 Å². The minimum absolute atomic E-state index is 0.0793. The molecule has 1 aromatic carbocycles. The lowest BCUT2D eigenvalue weighted by atomic mass is 10.2. The summed E-state index contributed by atoms with van der Waals surface area (Å²) in [5.74, 6) is -0.553. The van der Waals surface area contributed by atoms with Gasteiger partial charge >= 0.3 is 0 Å². The van der Waals surface area contributed by atoms with Gasteiger partial charge in [0, 0.05) is 24.0 Å². The Bertz CT molecular complexity index is 595. The highest BCUT2D eigenvalue weighted by Gasteiger charge is 2.17. The summed E-state index contributed by atoms with van der Waals surface area (Å²) in [5, 5.41) is 9.46. The van der Waals surface area contributed by atoms with Crippen molar-refractivity contribution in [3.05, 3.63) is 35.8 Å². The number of benzene rings is 1. The third-order valence-electron chi connectivity index (χ3n) is 3.28. The normalized spacial score (nSPS) is 10.9. The molecular formula is C15H19FN2O2. The molecular weight excluding hydrogens is 259 g/mol. The van der Waals surface area contributed by atoms with Gasteiger partial charge in [-0.3, -0.25) is 4.79 Å². The average molecular weight is 278 g/mol. The number of hydrogen-bond acceptors (Lipinski definition) is 2. The monoisotopic (exact) mass is 278 g/mol. The fraction of sp³-hybridized carbons (Fsp3) is 0.400. The average Bonchev–Trinajstić information content (AvgIpc) is 2.88. The number of nitrogens with one attached hydrogen (secondary N) is 1. The molecule has 4 nitrogen and oxygen atoms in total. The van der Waals surface area contributed by atoms with Crippen LogP contribution in [-0.4, -0.2) is 40.6 Å². The molecule has 0 radical (unpaired) electrons. The first-order valence-electron chi connectivity index (χ1n) is 6.84. The van der Waals surface area contributed by atoms with Gasteiger partial charge in [-0.15, -0.1) is 0 Å². The highest BCUT2D eigenvalue weighted by atomic mass is 19.1. The number of carbonyl (C=O) groups excluding carboxylic acids is 1. The number of halogens is 1. The molecule has 1 heterocycles. The van der Waals surface area contributed by atoms with E-state index in [1.54, 1.807) is 17.0 Å². The van der Waals surface area contributed by atoms with E-state index in [2.05, 4.69) is 4.98 Å². The maximum Gasteiger partial charge on any atom is 0.270 e. The van der Waals surface area contributed by atoms with E-state index in [4.69, 9.17) is 5.11 Å². The van der Waals surface area contributed by atoms with Gasteiger partial charge < -0.3 is 15.0 Å². The molecule has 0 saturated carbocycles. The third-order valence-corrected chi connectivity index (χ3v) is 3.28. The quantitative estimate of drug-likeness (QED) is 0.853. The summed E-state index contributed by atoms with van der Waals surface area (Å²) < 4.78 is 13.6. The zero-order chi connectivity index (χ0) is 14.5. The summed E-state index contributed by atoms with van der Waals surface area (Å²) in [5.41, 5.74) is 0.961. The lowest BCUT2D eigenvalue weighted by Crippen LogP contribution is -2.34. The van der Waals surface area contributed by atoms with E-state index in [0.29, 0.717) is 23.1 Å². The summed E-state index contributed by atoms with van der Waals surface area (Å²) in [7, 11) is 0. The van der Waals surface area contributed by atoms with Crippen molar-refractivity contribution >= 4 is 16.8 Å². The zero-order valence-corrected chi connectivity index (χ0v) is 11.5. The van der Waals surface area contributed by atoms with Crippen molar-refractivity contribution in [2.45, 2.75) is 19.8 Å². The molecule has 1 aromatic heterocycles. The van der Waals surface area contributed by atoms with Crippen LogP contribution in [0.5, 0.6) is 0 Å². The smallest absolute Gasteiger partial charge is 0.270 e. The van der Waals surface area contributed by atoms with Crippen molar-refractivity contribution < 1.29 is 14.3 Å². The van der Waals surface area contributed by atoms with Gasteiger partial charge in [0.05, 0.1) is 6.61 Å². The van der Waals surface area contributed by atoms with Crippen LogP contribution in [0.25, 0.3) is 10.9 Å². The van der Waals surface area contributed by atoms with Crippen molar-refractivity contribution in [2.24, 2.45) is 0 Å². The fourth-order valence-corrected chi connectivity index (χ4v) is 2.19. The zero-order valence-electron chi connectivity index (χ0n) is 11.5. The van der Waals surface area contributed by atoms with E-state index >= 15 is 0 Å². The first kappa shape index (κ1) is 14.5. The molecule has 5 heteroatoms. The largest absolute Gasteiger partial charge is 0.395 e. The van der Waals surface area contributed by atoms with Gasteiger partial charge in [-0.1, -0.05) is 19.4 Å². The van der Waals surface area contributed by atoms with Crippen LogP contribution < -0.4 is 0 Å². The second-order valence-corrected chi connectivity index (χ2v) is 4.75. The number of rotatable bonds is 6. The van der Waals surface area contributed by atoms with Crippen molar-refractivity contribution in [2.75, 3.05) is 19.7 Å². The number of aliphatic hydroxyl groups excluding tert-OH is 1. The third kappa shape index (κ3) is 2.99. The Balaban J connectivity index is 2.26. The van der Waals surface area contributed by atoms with Crippen molar-refractivity contribution in [1.82, 2.24) is 9.88 Å². The van der Waals surface area contributed by atoms with Crippen LogP contribution in [0.4, 0.5) is 4.39 Å². The molecule has 0 unspecified atom stereocenters. The number of unbranched alkanes of at least 4 members (excludes halogenated alkanes) is 1. The van der Waals surface area contributed by atoms with E-state index in [9.17, 15) is 9.18 Å². The van der Waals surface area contributed by atoms with Crippen LogP contribution in [0, 0.1) is 5.82 Å². The number of aromatic nitrogens is 1. The number of aromatic amines is 1. The fourth-order valence-electron chi connectivity index (χ4n) is 2.19. The molecule has 1 amide bonds. The standard InChI is InChI=1S/C15H19FN2O2/c1-2-3-7-18(8-9-19)15(20)14-10-11-12(16)5-4-6-13(11)17-14/h4-6,10,17,19H,2-3,7-9H2,1H3. The molecule has 0 aliphatic heterocycles. The number of carbonyl (C=O) groups is 1. The molecule has 2 N–H and O–H groups in total. The number of hydrogen-bond donors (Lipinski definition) is 2. The van der Waals surface area contributed by atoms with Crippen LogP contribution in [0.2, 0.25) is 0 Å². The lowest BCUT2D eigenvalue weighted by molar-refractivity contribution is 0.0714. The summed E-state index contributed by atoms with van der Waals surface area (Å²) in [6, 6.07) is 6.24. The second-order valence-electron chi connectivity index (χ2n) is 4.75. The van der Waals surface area contributed by atoms with Crippen LogP contribution >= 0.6 is 0 Å². The number of H-pyrrole nitrogens is 1. The summed E-state index contributed by atoms with van der Waals surface area (Å²) >= 11 is 0. The van der Waals surface area contributed by atoms with Gasteiger partial charge in [0.2, 0.25) is 0 Å². The Labute approximate surface area is 117 Å². The lowest BCUT2D eigenvalue weighted by Gasteiger charge is -2.20. The number of fused-ring (bicyclic) bond motifs is 1. The van der Waals surface area contributed by atoms with E-state index in [1.807, 2.05) is 6.92 Å². The SMILES string of the molecule is CCCCN(CCO)C(=O)c1cc2c(F)cccc2[nH]1. The van der Waals surface area contributed by atoms with Crippen molar-refractivity contribution in [3.8, 4) is 0 Å². The second kappa shape index (κ2) is 6.52. The van der Waals surface area contributed by atoms with E-state index in [0.717, 1.165) is 12.8 Å². The molecule has 0 saturated heterocycles. The first-order chi connectivity index (χ1) is 9.67. The Kier molecular flexibility index (Phi) is 4.74. The molecule has 0 aliphatic carbocycles. The van der Waals surface area contributed by atoms with Gasteiger partial charge in [-0.2, -0.15) is 0 Å². The molecule has 108 valence electrons. The van der Waals surface area contributed by atoms with Crippen molar-refractivity contribution in [1.29, 1.82) is 0 Å². The summed E-state index contributed by atoms with van der Waals surface area (Å²) in [4.78, 5) is 16.9. The van der Waals surface area contributed by atoms with E-state index < -0.39 is 0 Å². The molecule has 0 atom stereocenters. The minimum Gasteiger partial charge on any atom is -0.395 e. The van der Waals surface area contributed by atoms with Gasteiger partial charge in [0.1, 0.15) is 11.5 Å². The first-order valence-corrected chi connectivity index (χ1v) is 6.84. The number of aliphatic hydroxyl groups is 1. The molecule has 20 heavy (non-hydrogen) atoms. The summed E-state index contributed by atoms with van der Waals surface area (Å²) in [6.07, 6.45) is 1.84. The van der Waals surface area contributed by atoms with E-state index in [-0.39, 0.29) is 24.9 Å². The Morgan fingerprint density at radius 2 is 2.20 bits per heavy atom. The Hall–Kier alpha value is -1.88. The van der Waals surface area contributed by atoms with Gasteiger partial charge in [-0.25, -0.2) is 4.39 Å². The molecule has 0 bridgehead atoms. The van der Waals surface area contributed by atoms with Gasteiger partial charge in [0.25, 0.3) is 5.91 Å². The highest BCUT2D eigenvalue weighted by molar-refractivity contribution is 5.98. The van der Waals surface area contributed by atoms with Crippen LogP contribution in [0.3, 0.4) is 0 Å². The highest BCUT2D eigenvalue weighted by Crippen LogP contribution is 2.19. The molecule has 0 fully saturated rings. The maximum atomic E-state index is 13.6. The summed E-state index contributed by atoms with van der Waals surface area (Å²) in [6.45, 7) is 2.84. The van der Waals surface area contributed by atoms with Crippen LogP contribution in [0.1, 0.15) is 30.3 Å². The van der Waals surface area contributed by atoms with Gasteiger partial charge in [-0.05, 0) is 24.6 Å². The molecule has 0 aliphatic rings. The van der Waals surface area contributed by atoms with Crippen LogP contribution in [0.15, 0.2) is 24.3 Å².